The van der Waals surface area contributed by atoms with E-state index in [0.717, 1.165) is 11.1 Å². The molecule has 0 aliphatic rings. The summed E-state index contributed by atoms with van der Waals surface area (Å²) in [5.74, 6) is -0.507. The van der Waals surface area contributed by atoms with E-state index < -0.39 is 18.1 Å². The summed E-state index contributed by atoms with van der Waals surface area (Å²) in [6, 6.07) is 13.9. The molecule has 4 nitrogen and oxygen atoms in total. The van der Waals surface area contributed by atoms with Gasteiger partial charge in [0.15, 0.2) is 6.10 Å². The van der Waals surface area contributed by atoms with Gasteiger partial charge in [0.1, 0.15) is 0 Å². The second-order valence-electron chi connectivity index (χ2n) is 5.06. The minimum Gasteiger partial charge on any atom is -0.389 e. The molecule has 0 spiro atoms. The molecule has 0 aliphatic heterocycles. The second kappa shape index (κ2) is 7.40. The Balaban J connectivity index is 1.96. The zero-order chi connectivity index (χ0) is 16.1. The third-order valence-corrected chi connectivity index (χ3v) is 3.72. The fourth-order valence-electron chi connectivity index (χ4n) is 2.04. The quantitative estimate of drug-likeness (QED) is 0.793. The third-order valence-electron chi connectivity index (χ3n) is 3.38. The van der Waals surface area contributed by atoms with Crippen LogP contribution < -0.4 is 5.32 Å². The number of rotatable bonds is 5. The lowest BCUT2D eigenvalue weighted by Gasteiger charge is -2.13. The van der Waals surface area contributed by atoms with Crippen molar-refractivity contribution in [3.05, 3.63) is 70.2 Å². The Morgan fingerprint density at radius 3 is 2.36 bits per heavy atom. The predicted octanol–water partition coefficient (Wildman–Crippen LogP) is 2.74. The maximum atomic E-state index is 12.0. The van der Waals surface area contributed by atoms with Crippen molar-refractivity contribution in [2.75, 3.05) is 0 Å². The Morgan fingerprint density at radius 1 is 1.14 bits per heavy atom. The number of hydrogen-bond acceptors (Lipinski definition) is 3. The number of carbonyl (C=O) groups is 1. The maximum Gasteiger partial charge on any atom is 0.253 e. The Kier molecular flexibility index (Phi) is 5.55. The van der Waals surface area contributed by atoms with Gasteiger partial charge in [0.25, 0.3) is 5.91 Å². The third kappa shape index (κ3) is 4.07. The van der Waals surface area contributed by atoms with Gasteiger partial charge in [0, 0.05) is 17.1 Å². The molecule has 0 fully saturated rings. The molecule has 5 heteroatoms. The number of hydrogen-bond donors (Lipinski definition) is 3. The number of aliphatic hydroxyl groups is 2. The van der Waals surface area contributed by atoms with Gasteiger partial charge < -0.3 is 15.5 Å². The average molecular weight is 320 g/mol. The van der Waals surface area contributed by atoms with Gasteiger partial charge in [-0.15, -0.1) is 0 Å². The molecule has 2 aromatic rings. The van der Waals surface area contributed by atoms with Crippen molar-refractivity contribution >= 4 is 17.5 Å². The lowest BCUT2D eigenvalue weighted by atomic mass is 10.1. The van der Waals surface area contributed by atoms with E-state index in [-0.39, 0.29) is 0 Å². The zero-order valence-corrected chi connectivity index (χ0v) is 12.9. The van der Waals surface area contributed by atoms with Crippen LogP contribution in [0.1, 0.15) is 35.8 Å². The van der Waals surface area contributed by atoms with Gasteiger partial charge in [-0.2, -0.15) is 0 Å². The summed E-state index contributed by atoms with van der Waals surface area (Å²) in [7, 11) is 0. The monoisotopic (exact) mass is 319 g/mol. The van der Waals surface area contributed by atoms with Crippen LogP contribution in [0, 0.1) is 0 Å². The number of benzene rings is 2. The molecule has 0 saturated heterocycles. The second-order valence-corrected chi connectivity index (χ2v) is 5.47. The fraction of sp³-hybridized carbons (Fsp3) is 0.235. The highest BCUT2D eigenvalue weighted by molar-refractivity contribution is 6.31. The molecule has 0 saturated carbocycles. The van der Waals surface area contributed by atoms with Crippen LogP contribution in [0.3, 0.4) is 0 Å². The minimum absolute atomic E-state index is 0.292. The van der Waals surface area contributed by atoms with Gasteiger partial charge in [-0.3, -0.25) is 4.79 Å². The van der Waals surface area contributed by atoms with Crippen molar-refractivity contribution < 1.29 is 15.0 Å². The first-order chi connectivity index (χ1) is 10.5. The Bertz CT molecular complexity index is 641. The van der Waals surface area contributed by atoms with Crippen LogP contribution in [0.5, 0.6) is 0 Å². The molecule has 0 aliphatic carbocycles. The van der Waals surface area contributed by atoms with E-state index in [4.69, 9.17) is 11.6 Å². The predicted molar refractivity (Wildman–Crippen MR) is 85.3 cm³/mol. The highest BCUT2D eigenvalue weighted by Gasteiger charge is 2.19. The van der Waals surface area contributed by atoms with Crippen molar-refractivity contribution in [2.45, 2.75) is 25.7 Å². The Morgan fingerprint density at radius 2 is 1.77 bits per heavy atom. The van der Waals surface area contributed by atoms with Crippen molar-refractivity contribution in [3.8, 4) is 0 Å². The molecule has 2 aromatic carbocycles. The molecule has 0 aromatic heterocycles. The van der Waals surface area contributed by atoms with Crippen LogP contribution in [0.4, 0.5) is 0 Å². The van der Waals surface area contributed by atoms with Crippen LogP contribution in [0.15, 0.2) is 48.5 Å². The summed E-state index contributed by atoms with van der Waals surface area (Å²) in [5, 5.41) is 22.5. The van der Waals surface area contributed by atoms with E-state index in [2.05, 4.69) is 5.32 Å². The van der Waals surface area contributed by atoms with Gasteiger partial charge in [-0.05, 0) is 24.1 Å². The van der Waals surface area contributed by atoms with E-state index in [1.165, 1.54) is 0 Å². The minimum atomic E-state index is -1.30. The number of nitrogens with one attached hydrogen (secondary N) is 1. The number of amides is 1. The normalized spacial score (nSPS) is 13.5. The fourth-order valence-corrected chi connectivity index (χ4v) is 2.28. The molecule has 116 valence electrons. The SMILES string of the molecule is CC(O)c1ccc(CNC(=O)[C@H](O)c2ccccc2Cl)cc1. The molecule has 0 bridgehead atoms. The average Bonchev–Trinajstić information content (AvgIpc) is 2.52. The summed E-state index contributed by atoms with van der Waals surface area (Å²) >= 11 is 5.96. The van der Waals surface area contributed by atoms with Crippen molar-refractivity contribution in [3.63, 3.8) is 0 Å². The van der Waals surface area contributed by atoms with Crippen molar-refractivity contribution in [1.82, 2.24) is 5.32 Å². The Labute approximate surface area is 134 Å². The topological polar surface area (TPSA) is 69.6 Å². The lowest BCUT2D eigenvalue weighted by molar-refractivity contribution is -0.129. The van der Waals surface area contributed by atoms with Crippen LogP contribution >= 0.6 is 11.6 Å². The first-order valence-corrected chi connectivity index (χ1v) is 7.34. The molecule has 2 rings (SSSR count). The van der Waals surface area contributed by atoms with Gasteiger partial charge in [0.05, 0.1) is 6.10 Å². The first kappa shape index (κ1) is 16.5. The summed E-state index contributed by atoms with van der Waals surface area (Å²) in [6.45, 7) is 1.98. The first-order valence-electron chi connectivity index (χ1n) is 6.96. The van der Waals surface area contributed by atoms with Crippen LogP contribution in [-0.4, -0.2) is 16.1 Å². The summed E-state index contributed by atoms with van der Waals surface area (Å²) in [5.41, 5.74) is 2.07. The number of halogens is 1. The van der Waals surface area contributed by atoms with Crippen LogP contribution in [0.25, 0.3) is 0 Å². The van der Waals surface area contributed by atoms with Gasteiger partial charge in [0.2, 0.25) is 0 Å². The molecule has 3 N–H and O–H groups in total. The summed E-state index contributed by atoms with van der Waals surface area (Å²) in [6.07, 6.45) is -1.82. The smallest absolute Gasteiger partial charge is 0.253 e. The number of carbonyl (C=O) groups excluding carboxylic acids is 1. The zero-order valence-electron chi connectivity index (χ0n) is 12.2. The standard InChI is InChI=1S/C17H18ClNO3/c1-11(20)13-8-6-12(7-9-13)10-19-17(22)16(21)14-4-2-3-5-15(14)18/h2-9,11,16,20-21H,10H2,1H3,(H,19,22)/t11?,16-/m1/s1. The molecule has 2 atom stereocenters. The maximum absolute atomic E-state index is 12.0. The van der Waals surface area contributed by atoms with E-state index in [1.54, 1.807) is 43.3 Å². The molecule has 0 heterocycles. The molecule has 0 radical (unpaired) electrons. The van der Waals surface area contributed by atoms with Crippen molar-refractivity contribution in [1.29, 1.82) is 0 Å². The molecule has 22 heavy (non-hydrogen) atoms. The lowest BCUT2D eigenvalue weighted by Crippen LogP contribution is -2.29. The van der Waals surface area contributed by atoms with Gasteiger partial charge in [-0.1, -0.05) is 54.1 Å². The molecular weight excluding hydrogens is 302 g/mol. The number of aliphatic hydroxyl groups excluding tert-OH is 2. The highest BCUT2D eigenvalue weighted by atomic mass is 35.5. The summed E-state index contributed by atoms with van der Waals surface area (Å²) in [4.78, 5) is 12.0. The highest BCUT2D eigenvalue weighted by Crippen LogP contribution is 2.22. The van der Waals surface area contributed by atoms with E-state index in [9.17, 15) is 15.0 Å². The van der Waals surface area contributed by atoms with E-state index in [0.29, 0.717) is 17.1 Å². The van der Waals surface area contributed by atoms with E-state index >= 15 is 0 Å². The van der Waals surface area contributed by atoms with Gasteiger partial charge >= 0.3 is 0 Å². The largest absolute Gasteiger partial charge is 0.389 e. The Hall–Kier alpha value is -1.88. The van der Waals surface area contributed by atoms with E-state index in [1.807, 2.05) is 12.1 Å². The molecule has 1 unspecified atom stereocenters. The molecular formula is C17H18ClNO3. The van der Waals surface area contributed by atoms with Crippen LogP contribution in [-0.2, 0) is 11.3 Å². The van der Waals surface area contributed by atoms with Gasteiger partial charge in [-0.25, -0.2) is 0 Å². The van der Waals surface area contributed by atoms with Crippen molar-refractivity contribution in [2.24, 2.45) is 0 Å². The van der Waals surface area contributed by atoms with Crippen LogP contribution in [0.2, 0.25) is 5.02 Å². The summed E-state index contributed by atoms with van der Waals surface area (Å²) < 4.78 is 0. The molecule has 1 amide bonds.